The van der Waals surface area contributed by atoms with Crippen molar-refractivity contribution in [2.24, 2.45) is 0 Å². The van der Waals surface area contributed by atoms with Crippen molar-refractivity contribution in [3.8, 4) is 11.1 Å². The molecule has 0 fully saturated rings. The van der Waals surface area contributed by atoms with Gasteiger partial charge < -0.3 is 0 Å². The Morgan fingerprint density at radius 1 is 0.913 bits per heavy atom. The Morgan fingerprint density at radius 3 is 2.43 bits per heavy atom. The lowest BCUT2D eigenvalue weighted by atomic mass is 9.83. The number of fused-ring (bicyclic) bond motifs is 2. The molecule has 0 spiro atoms. The van der Waals surface area contributed by atoms with Crippen LogP contribution in [0.15, 0.2) is 59.5 Å². The fourth-order valence-corrected chi connectivity index (χ4v) is 3.91. The van der Waals surface area contributed by atoms with Crippen LogP contribution in [-0.2, 0) is 4.79 Å². The van der Waals surface area contributed by atoms with Gasteiger partial charge in [-0.25, -0.2) is 0 Å². The van der Waals surface area contributed by atoms with Gasteiger partial charge in [0.1, 0.15) is 5.78 Å². The molecule has 0 heterocycles. The average Bonchev–Trinajstić information content (AvgIpc) is 2.57. The fraction of sp³-hybridized carbons (Fsp3) is 0.100. The summed E-state index contributed by atoms with van der Waals surface area (Å²) in [6, 6.07) is 17.8. The van der Waals surface area contributed by atoms with Crippen molar-refractivity contribution in [2.45, 2.75) is 11.8 Å². The van der Waals surface area contributed by atoms with E-state index in [0.717, 1.165) is 37.9 Å². The highest BCUT2D eigenvalue weighted by Gasteiger charge is 2.25. The van der Waals surface area contributed by atoms with E-state index in [-0.39, 0.29) is 11.6 Å². The van der Waals surface area contributed by atoms with Gasteiger partial charge in [-0.1, -0.05) is 42.5 Å². The maximum atomic E-state index is 12.7. The second-order valence-corrected chi connectivity index (χ2v) is 6.79. The van der Waals surface area contributed by atoms with Crippen molar-refractivity contribution in [3.05, 3.63) is 65.7 Å². The zero-order valence-corrected chi connectivity index (χ0v) is 13.4. The van der Waals surface area contributed by atoms with Gasteiger partial charge in [-0.05, 0) is 35.6 Å². The van der Waals surface area contributed by atoms with Crippen LogP contribution >= 0.6 is 11.8 Å². The van der Waals surface area contributed by atoms with Crippen molar-refractivity contribution in [1.29, 1.82) is 0 Å². The van der Waals surface area contributed by atoms with E-state index >= 15 is 0 Å². The minimum absolute atomic E-state index is 0.0860. The van der Waals surface area contributed by atoms with Crippen molar-refractivity contribution in [1.82, 2.24) is 0 Å². The van der Waals surface area contributed by atoms with Crippen LogP contribution in [0.3, 0.4) is 0 Å². The molecule has 112 valence electrons. The maximum absolute atomic E-state index is 12.7. The lowest BCUT2D eigenvalue weighted by Crippen LogP contribution is -2.09. The van der Waals surface area contributed by atoms with Gasteiger partial charge in [0.2, 0.25) is 0 Å². The summed E-state index contributed by atoms with van der Waals surface area (Å²) in [4.78, 5) is 25.1. The first-order chi connectivity index (χ1) is 11.1. The van der Waals surface area contributed by atoms with Crippen LogP contribution in [0, 0.1) is 0 Å². The van der Waals surface area contributed by atoms with Gasteiger partial charge in [0.15, 0.2) is 5.78 Å². The molecule has 0 bridgehead atoms. The van der Waals surface area contributed by atoms with Gasteiger partial charge in [0.05, 0.1) is 5.75 Å². The zero-order valence-electron chi connectivity index (χ0n) is 12.6. The SMILES string of the molecule is CC(=O)CSc1cc2c3c(cccc3c1)C(=O)c1ccccc1-2. The molecule has 23 heavy (non-hydrogen) atoms. The topological polar surface area (TPSA) is 34.1 Å². The summed E-state index contributed by atoms with van der Waals surface area (Å²) >= 11 is 1.54. The summed E-state index contributed by atoms with van der Waals surface area (Å²) in [6.07, 6.45) is 0. The first-order valence-corrected chi connectivity index (χ1v) is 8.47. The van der Waals surface area contributed by atoms with Crippen LogP contribution in [0.5, 0.6) is 0 Å². The first-order valence-electron chi connectivity index (χ1n) is 7.48. The summed E-state index contributed by atoms with van der Waals surface area (Å²) < 4.78 is 0. The molecule has 0 amide bonds. The number of rotatable bonds is 3. The monoisotopic (exact) mass is 318 g/mol. The molecule has 3 aromatic carbocycles. The number of hydrogen-bond donors (Lipinski definition) is 0. The van der Waals surface area contributed by atoms with Crippen LogP contribution in [0.4, 0.5) is 0 Å². The van der Waals surface area contributed by atoms with Crippen LogP contribution < -0.4 is 0 Å². The largest absolute Gasteiger partial charge is 0.299 e. The van der Waals surface area contributed by atoms with Gasteiger partial charge in [0.25, 0.3) is 0 Å². The van der Waals surface area contributed by atoms with Gasteiger partial charge in [-0.15, -0.1) is 11.8 Å². The molecule has 3 aromatic rings. The normalized spacial score (nSPS) is 12.3. The van der Waals surface area contributed by atoms with Crippen LogP contribution in [-0.4, -0.2) is 17.3 Å². The highest BCUT2D eigenvalue weighted by atomic mass is 32.2. The third kappa shape index (κ3) is 2.28. The van der Waals surface area contributed by atoms with Gasteiger partial charge in [-0.2, -0.15) is 0 Å². The maximum Gasteiger partial charge on any atom is 0.194 e. The number of thioether (sulfide) groups is 1. The molecule has 0 N–H and O–H groups in total. The molecule has 2 nitrogen and oxygen atoms in total. The van der Waals surface area contributed by atoms with Crippen LogP contribution in [0.1, 0.15) is 22.8 Å². The summed E-state index contributed by atoms with van der Waals surface area (Å²) in [5.74, 6) is 0.710. The van der Waals surface area contributed by atoms with E-state index < -0.39 is 0 Å². The van der Waals surface area contributed by atoms with E-state index in [1.807, 2.05) is 42.5 Å². The summed E-state index contributed by atoms with van der Waals surface area (Å²) in [7, 11) is 0. The minimum atomic E-state index is 0.0860. The van der Waals surface area contributed by atoms with Gasteiger partial charge in [0, 0.05) is 21.4 Å². The molecule has 0 radical (unpaired) electrons. The predicted molar refractivity (Wildman–Crippen MR) is 94.2 cm³/mol. The molecule has 1 aliphatic carbocycles. The summed E-state index contributed by atoms with van der Waals surface area (Å²) in [5.41, 5.74) is 3.58. The zero-order chi connectivity index (χ0) is 16.0. The van der Waals surface area contributed by atoms with Crippen molar-refractivity contribution in [2.75, 3.05) is 5.75 Å². The first kappa shape index (κ1) is 14.2. The van der Waals surface area contributed by atoms with E-state index in [0.29, 0.717) is 5.75 Å². The quantitative estimate of drug-likeness (QED) is 0.512. The summed E-state index contributed by atoms with van der Waals surface area (Å²) in [5, 5.41) is 2.07. The minimum Gasteiger partial charge on any atom is -0.299 e. The highest BCUT2D eigenvalue weighted by Crippen LogP contribution is 2.41. The van der Waals surface area contributed by atoms with Crippen LogP contribution in [0.2, 0.25) is 0 Å². The lowest BCUT2D eigenvalue weighted by molar-refractivity contribution is -0.114. The smallest absolute Gasteiger partial charge is 0.194 e. The van der Waals surface area contributed by atoms with E-state index in [1.165, 1.54) is 0 Å². The molecule has 4 rings (SSSR count). The number of Topliss-reactive ketones (excluding diaryl/α,β-unsaturated/α-hetero) is 1. The van der Waals surface area contributed by atoms with Crippen LogP contribution in [0.25, 0.3) is 21.9 Å². The Balaban J connectivity index is 2.01. The molecule has 0 unspecified atom stereocenters. The standard InChI is InChI=1S/C20H14O2S/c1-12(21)11-23-14-9-13-5-4-8-17-19(13)18(10-14)15-6-2-3-7-16(15)20(17)22/h2-10H,11H2,1H3. The molecular weight excluding hydrogens is 304 g/mol. The molecule has 0 atom stereocenters. The van der Waals surface area contributed by atoms with E-state index in [2.05, 4.69) is 12.1 Å². The fourth-order valence-electron chi connectivity index (χ4n) is 3.13. The molecule has 0 saturated carbocycles. The van der Waals surface area contributed by atoms with E-state index in [4.69, 9.17) is 0 Å². The predicted octanol–water partition coefficient (Wildman–Crippen LogP) is 4.73. The molecule has 0 saturated heterocycles. The molecule has 0 aliphatic heterocycles. The number of carbonyl (C=O) groups is 2. The number of hydrogen-bond acceptors (Lipinski definition) is 3. The highest BCUT2D eigenvalue weighted by molar-refractivity contribution is 8.00. The Hall–Kier alpha value is -2.39. The average molecular weight is 318 g/mol. The molecule has 1 aliphatic rings. The number of benzene rings is 3. The Kier molecular flexibility index (Phi) is 3.31. The van der Waals surface area contributed by atoms with Crippen molar-refractivity contribution >= 4 is 34.1 Å². The number of carbonyl (C=O) groups excluding carboxylic acids is 2. The third-order valence-electron chi connectivity index (χ3n) is 4.10. The molecular formula is C20H14O2S. The second kappa shape index (κ2) is 5.36. The summed E-state index contributed by atoms with van der Waals surface area (Å²) in [6.45, 7) is 1.60. The van der Waals surface area contributed by atoms with Gasteiger partial charge in [-0.3, -0.25) is 9.59 Å². The molecule has 3 heteroatoms. The van der Waals surface area contributed by atoms with E-state index in [9.17, 15) is 9.59 Å². The van der Waals surface area contributed by atoms with E-state index in [1.54, 1.807) is 18.7 Å². The Labute approximate surface area is 138 Å². The Bertz CT molecular complexity index is 973. The second-order valence-electron chi connectivity index (χ2n) is 5.74. The van der Waals surface area contributed by atoms with Crippen molar-refractivity contribution < 1.29 is 9.59 Å². The molecule has 0 aromatic heterocycles. The van der Waals surface area contributed by atoms with Gasteiger partial charge >= 0.3 is 0 Å². The van der Waals surface area contributed by atoms with Crippen molar-refractivity contribution in [3.63, 3.8) is 0 Å². The Morgan fingerprint density at radius 2 is 1.65 bits per heavy atom. The number of ketones is 2. The third-order valence-corrected chi connectivity index (χ3v) is 5.22. The lowest BCUT2D eigenvalue weighted by Gasteiger charge is -2.20.